The van der Waals surface area contributed by atoms with E-state index in [-0.39, 0.29) is 10.8 Å². The Morgan fingerprint density at radius 3 is 2.81 bits per heavy atom. The van der Waals surface area contributed by atoms with Gasteiger partial charge in [0.25, 0.3) is 0 Å². The van der Waals surface area contributed by atoms with E-state index in [1.54, 1.807) is 6.07 Å². The monoisotopic (exact) mass is 324 g/mol. The lowest BCUT2D eigenvalue weighted by atomic mass is 10.4. The van der Waals surface area contributed by atoms with Crippen LogP contribution in [-0.2, 0) is 15.6 Å². The second kappa shape index (κ2) is 5.38. The van der Waals surface area contributed by atoms with E-state index in [0.717, 1.165) is 10.9 Å². The van der Waals surface area contributed by atoms with E-state index in [0.29, 0.717) is 5.82 Å². The van der Waals surface area contributed by atoms with Crippen molar-refractivity contribution in [2.24, 2.45) is 0 Å². The first kappa shape index (κ1) is 13.9. The van der Waals surface area contributed by atoms with Gasteiger partial charge in [-0.25, -0.2) is 12.8 Å². The third-order valence-corrected chi connectivity index (χ3v) is 5.14. The van der Waals surface area contributed by atoms with E-state index in [1.165, 1.54) is 29.5 Å². The summed E-state index contributed by atoms with van der Waals surface area (Å²) < 4.78 is 42.4. The molecule has 108 valence electrons. The molecule has 0 fully saturated rings. The van der Waals surface area contributed by atoms with Gasteiger partial charge in [0, 0.05) is 0 Å². The van der Waals surface area contributed by atoms with Gasteiger partial charge in [0.2, 0.25) is 11.7 Å². The predicted octanol–water partition coefficient (Wildman–Crippen LogP) is 2.91. The van der Waals surface area contributed by atoms with Gasteiger partial charge < -0.3 is 4.52 Å². The van der Waals surface area contributed by atoms with Crippen LogP contribution in [-0.4, -0.2) is 18.6 Å². The molecule has 2 aromatic heterocycles. The molecule has 3 aromatic rings. The lowest BCUT2D eigenvalue weighted by Gasteiger charge is -2.00. The summed E-state index contributed by atoms with van der Waals surface area (Å²) in [6.45, 7) is 0. The minimum Gasteiger partial charge on any atom is -0.338 e. The second-order valence-corrected chi connectivity index (χ2v) is 7.14. The van der Waals surface area contributed by atoms with E-state index < -0.39 is 21.4 Å². The first-order valence-corrected chi connectivity index (χ1v) is 8.42. The Balaban J connectivity index is 1.86. The smallest absolute Gasteiger partial charge is 0.242 e. The molecule has 2 heterocycles. The minimum atomic E-state index is -3.72. The van der Waals surface area contributed by atoms with Gasteiger partial charge in [-0.05, 0) is 29.6 Å². The van der Waals surface area contributed by atoms with Crippen LogP contribution in [0, 0.1) is 5.82 Å². The molecular weight excluding hydrogens is 315 g/mol. The molecule has 1 aromatic carbocycles. The summed E-state index contributed by atoms with van der Waals surface area (Å²) in [6.07, 6.45) is 0. The number of nitrogens with zero attached hydrogens (tertiary/aromatic N) is 2. The highest BCUT2D eigenvalue weighted by molar-refractivity contribution is 7.90. The lowest BCUT2D eigenvalue weighted by molar-refractivity contribution is 0.389. The molecule has 0 aliphatic carbocycles. The van der Waals surface area contributed by atoms with Gasteiger partial charge in [-0.3, -0.25) is 0 Å². The first-order valence-electron chi connectivity index (χ1n) is 5.89. The summed E-state index contributed by atoms with van der Waals surface area (Å²) in [7, 11) is -3.72. The zero-order valence-electron chi connectivity index (χ0n) is 10.6. The first-order chi connectivity index (χ1) is 10.0. The van der Waals surface area contributed by atoms with Crippen molar-refractivity contribution in [1.82, 2.24) is 10.1 Å². The fourth-order valence-electron chi connectivity index (χ4n) is 1.73. The van der Waals surface area contributed by atoms with Crippen molar-refractivity contribution in [2.45, 2.75) is 10.6 Å². The second-order valence-electron chi connectivity index (χ2n) is 4.21. The number of rotatable bonds is 4. The topological polar surface area (TPSA) is 73.1 Å². The van der Waals surface area contributed by atoms with Crippen molar-refractivity contribution in [3.63, 3.8) is 0 Å². The van der Waals surface area contributed by atoms with E-state index in [4.69, 9.17) is 4.52 Å². The van der Waals surface area contributed by atoms with E-state index >= 15 is 0 Å². The van der Waals surface area contributed by atoms with Crippen LogP contribution in [0.5, 0.6) is 0 Å². The lowest BCUT2D eigenvalue weighted by Crippen LogP contribution is -2.05. The van der Waals surface area contributed by atoms with Crippen LogP contribution in [0.4, 0.5) is 4.39 Å². The summed E-state index contributed by atoms with van der Waals surface area (Å²) in [5.41, 5.74) is 0. The van der Waals surface area contributed by atoms with Gasteiger partial charge in [0.15, 0.2) is 9.84 Å². The molecule has 0 N–H and O–H groups in total. The van der Waals surface area contributed by atoms with Crippen LogP contribution in [0.1, 0.15) is 5.89 Å². The third-order valence-electron chi connectivity index (χ3n) is 2.68. The molecule has 0 aliphatic rings. The molecule has 8 heteroatoms. The predicted molar refractivity (Wildman–Crippen MR) is 74.9 cm³/mol. The number of sulfone groups is 1. The highest BCUT2D eigenvalue weighted by atomic mass is 32.2. The van der Waals surface area contributed by atoms with Gasteiger partial charge in [-0.2, -0.15) is 4.98 Å². The summed E-state index contributed by atoms with van der Waals surface area (Å²) in [5, 5.41) is 5.60. The van der Waals surface area contributed by atoms with Crippen LogP contribution in [0.3, 0.4) is 0 Å². The quantitative estimate of drug-likeness (QED) is 0.738. The molecule has 0 amide bonds. The van der Waals surface area contributed by atoms with Crippen molar-refractivity contribution >= 4 is 21.2 Å². The van der Waals surface area contributed by atoms with Crippen LogP contribution in [0.2, 0.25) is 0 Å². The summed E-state index contributed by atoms with van der Waals surface area (Å²) in [6, 6.07) is 8.45. The largest absolute Gasteiger partial charge is 0.338 e. The standard InChI is InChI=1S/C13H9FN2O3S2/c14-9-3-1-4-10(7-9)21(17,18)8-12-15-13(16-19-12)11-5-2-6-20-11/h1-7H,8H2. The minimum absolute atomic E-state index is 0.0253. The van der Waals surface area contributed by atoms with Crippen LogP contribution >= 0.6 is 11.3 Å². The number of thiophene rings is 1. The van der Waals surface area contributed by atoms with Gasteiger partial charge in [0.05, 0.1) is 9.77 Å². The number of aromatic nitrogens is 2. The van der Waals surface area contributed by atoms with Gasteiger partial charge in [0.1, 0.15) is 11.6 Å². The number of hydrogen-bond donors (Lipinski definition) is 0. The Hall–Kier alpha value is -2.06. The SMILES string of the molecule is O=S(=O)(Cc1nc(-c2cccs2)no1)c1cccc(F)c1. The molecule has 0 atom stereocenters. The Labute approximate surface area is 124 Å². The fourth-order valence-corrected chi connectivity index (χ4v) is 3.56. The van der Waals surface area contributed by atoms with Crippen molar-refractivity contribution in [1.29, 1.82) is 0 Å². The van der Waals surface area contributed by atoms with Gasteiger partial charge >= 0.3 is 0 Å². The summed E-state index contributed by atoms with van der Waals surface area (Å²) in [4.78, 5) is 4.72. The Bertz CT molecular complexity index is 857. The molecule has 0 aliphatic heterocycles. The maximum atomic E-state index is 13.1. The maximum absolute atomic E-state index is 13.1. The molecule has 0 saturated carbocycles. The fraction of sp³-hybridized carbons (Fsp3) is 0.0769. The van der Waals surface area contributed by atoms with E-state index in [9.17, 15) is 12.8 Å². The molecule has 0 bridgehead atoms. The molecule has 0 spiro atoms. The van der Waals surface area contributed by atoms with Crippen molar-refractivity contribution in [3.8, 4) is 10.7 Å². The Kier molecular flexibility index (Phi) is 3.56. The van der Waals surface area contributed by atoms with Crippen LogP contribution < -0.4 is 0 Å². The normalized spacial score (nSPS) is 11.7. The zero-order valence-corrected chi connectivity index (χ0v) is 12.2. The highest BCUT2D eigenvalue weighted by Crippen LogP contribution is 2.23. The number of benzene rings is 1. The Morgan fingerprint density at radius 2 is 2.10 bits per heavy atom. The molecule has 0 saturated heterocycles. The average molecular weight is 324 g/mol. The molecule has 0 unspecified atom stereocenters. The number of halogens is 1. The van der Waals surface area contributed by atoms with E-state index in [2.05, 4.69) is 10.1 Å². The molecule has 0 radical (unpaired) electrons. The van der Waals surface area contributed by atoms with Crippen molar-refractivity contribution in [2.75, 3.05) is 0 Å². The van der Waals surface area contributed by atoms with Crippen LogP contribution in [0.15, 0.2) is 51.2 Å². The average Bonchev–Trinajstić information content (AvgIpc) is 3.08. The van der Waals surface area contributed by atoms with Crippen molar-refractivity contribution in [3.05, 3.63) is 53.5 Å². The third kappa shape index (κ3) is 3.01. The zero-order chi connectivity index (χ0) is 14.9. The van der Waals surface area contributed by atoms with Crippen LogP contribution in [0.25, 0.3) is 10.7 Å². The Morgan fingerprint density at radius 1 is 1.24 bits per heavy atom. The van der Waals surface area contributed by atoms with Gasteiger partial charge in [-0.15, -0.1) is 11.3 Å². The molecule has 3 rings (SSSR count). The molecular formula is C13H9FN2O3S2. The number of hydrogen-bond acceptors (Lipinski definition) is 6. The maximum Gasteiger partial charge on any atom is 0.242 e. The van der Waals surface area contributed by atoms with Crippen molar-refractivity contribution < 1.29 is 17.3 Å². The highest BCUT2D eigenvalue weighted by Gasteiger charge is 2.20. The van der Waals surface area contributed by atoms with Gasteiger partial charge in [-0.1, -0.05) is 17.3 Å². The summed E-state index contributed by atoms with van der Waals surface area (Å²) >= 11 is 1.42. The van der Waals surface area contributed by atoms with E-state index in [1.807, 2.05) is 11.4 Å². The molecule has 21 heavy (non-hydrogen) atoms. The molecule has 5 nitrogen and oxygen atoms in total. The summed E-state index contributed by atoms with van der Waals surface area (Å²) in [5.74, 6) is -0.757.